The van der Waals surface area contributed by atoms with Crippen LogP contribution in [0.25, 0.3) is 0 Å². The van der Waals surface area contributed by atoms with Crippen molar-refractivity contribution in [3.8, 4) is 0 Å². The predicted molar refractivity (Wildman–Crippen MR) is 92.1 cm³/mol. The maximum atomic E-state index is 9.50. The Morgan fingerprint density at radius 2 is 1.91 bits per heavy atom. The van der Waals surface area contributed by atoms with Gasteiger partial charge in [-0.2, -0.15) is 0 Å². The van der Waals surface area contributed by atoms with Gasteiger partial charge in [0.25, 0.3) is 0 Å². The van der Waals surface area contributed by atoms with E-state index in [-0.39, 0.29) is 18.8 Å². The van der Waals surface area contributed by atoms with Crippen LogP contribution in [0, 0.1) is 22.7 Å². The highest BCUT2D eigenvalue weighted by molar-refractivity contribution is 5.16. The predicted octanol–water partition coefficient (Wildman–Crippen LogP) is 3.69. The summed E-state index contributed by atoms with van der Waals surface area (Å²) in [4.78, 5) is 0. The SMILES string of the molecule is CC1(C)CCC[C@@]2(C)C1CC[C@@]1(CO1)[C@@H]2C/C=C(/CO)CCO. The highest BCUT2D eigenvalue weighted by atomic mass is 16.6. The number of hydrogen-bond acceptors (Lipinski definition) is 3. The molecular weight excluding hydrogens is 288 g/mol. The Morgan fingerprint density at radius 1 is 1.17 bits per heavy atom. The minimum Gasteiger partial charge on any atom is -0.396 e. The summed E-state index contributed by atoms with van der Waals surface area (Å²) in [7, 11) is 0. The van der Waals surface area contributed by atoms with Gasteiger partial charge in [0, 0.05) is 6.61 Å². The number of allylic oxidation sites excluding steroid dienone is 1. The lowest BCUT2D eigenvalue weighted by atomic mass is 9.46. The smallest absolute Gasteiger partial charge is 0.0952 e. The molecule has 3 fully saturated rings. The summed E-state index contributed by atoms with van der Waals surface area (Å²) >= 11 is 0. The molecule has 1 aliphatic heterocycles. The number of aliphatic hydroxyl groups excluding tert-OH is 2. The molecule has 0 bridgehead atoms. The van der Waals surface area contributed by atoms with Crippen LogP contribution in [0.5, 0.6) is 0 Å². The van der Waals surface area contributed by atoms with Crippen LogP contribution in [0.4, 0.5) is 0 Å². The molecule has 4 atom stereocenters. The van der Waals surface area contributed by atoms with E-state index in [0.717, 1.165) is 24.5 Å². The van der Waals surface area contributed by atoms with Gasteiger partial charge in [-0.25, -0.2) is 0 Å². The summed E-state index contributed by atoms with van der Waals surface area (Å²) in [5.74, 6) is 1.32. The number of fused-ring (bicyclic) bond motifs is 1. The van der Waals surface area contributed by atoms with Gasteiger partial charge in [0.15, 0.2) is 0 Å². The van der Waals surface area contributed by atoms with Crippen LogP contribution in [0.15, 0.2) is 11.6 Å². The topological polar surface area (TPSA) is 53.0 Å². The number of aliphatic hydroxyl groups is 2. The lowest BCUT2D eigenvalue weighted by molar-refractivity contribution is -0.104. The summed E-state index contributed by atoms with van der Waals surface area (Å²) in [5, 5.41) is 18.7. The molecule has 0 aromatic heterocycles. The molecule has 0 amide bonds. The van der Waals surface area contributed by atoms with Crippen LogP contribution in [0.2, 0.25) is 0 Å². The Balaban J connectivity index is 1.85. The fourth-order valence-corrected chi connectivity index (χ4v) is 6.06. The van der Waals surface area contributed by atoms with E-state index >= 15 is 0 Å². The Kier molecular flexibility index (Phi) is 4.67. The first-order valence-corrected chi connectivity index (χ1v) is 9.41. The minimum absolute atomic E-state index is 0.0623. The zero-order valence-corrected chi connectivity index (χ0v) is 15.1. The number of hydrogen-bond donors (Lipinski definition) is 2. The van der Waals surface area contributed by atoms with E-state index in [1.807, 2.05) is 0 Å². The van der Waals surface area contributed by atoms with E-state index < -0.39 is 0 Å². The molecule has 1 saturated heterocycles. The molecular formula is C20H34O3. The standard InChI is InChI=1S/C20H34O3/c1-18(2)9-4-10-19(3)16(18)7-11-20(14-23-20)17(19)6-5-15(13-22)8-12-21/h5,16-17,21-22H,4,6-14H2,1-3H3/b15-5+/t16?,17-,19+,20-/m1/s1. The summed E-state index contributed by atoms with van der Waals surface area (Å²) < 4.78 is 6.02. The molecule has 2 aliphatic carbocycles. The second kappa shape index (κ2) is 6.16. The van der Waals surface area contributed by atoms with Gasteiger partial charge in [-0.05, 0) is 66.8 Å². The van der Waals surface area contributed by atoms with Crippen LogP contribution in [-0.2, 0) is 4.74 Å². The molecule has 1 spiro atoms. The monoisotopic (exact) mass is 322 g/mol. The van der Waals surface area contributed by atoms with Gasteiger partial charge in [0.1, 0.15) is 0 Å². The molecule has 0 aromatic rings. The highest BCUT2D eigenvalue weighted by Crippen LogP contribution is 2.66. The largest absolute Gasteiger partial charge is 0.396 e. The average Bonchev–Trinajstić information content (AvgIpc) is 3.24. The first kappa shape index (κ1) is 17.4. The molecule has 1 heterocycles. The van der Waals surface area contributed by atoms with Gasteiger partial charge in [-0.1, -0.05) is 33.3 Å². The van der Waals surface area contributed by atoms with Crippen molar-refractivity contribution in [1.82, 2.24) is 0 Å². The molecule has 23 heavy (non-hydrogen) atoms. The number of epoxide rings is 1. The minimum atomic E-state index is 0.0623. The molecule has 2 N–H and O–H groups in total. The third-order valence-electron chi connectivity index (χ3n) is 7.36. The van der Waals surface area contributed by atoms with Gasteiger partial charge in [-0.3, -0.25) is 0 Å². The van der Waals surface area contributed by atoms with Crippen molar-refractivity contribution >= 4 is 0 Å². The van der Waals surface area contributed by atoms with E-state index in [0.29, 0.717) is 23.2 Å². The Hall–Kier alpha value is -0.380. The molecule has 0 aromatic carbocycles. The van der Waals surface area contributed by atoms with Gasteiger partial charge in [-0.15, -0.1) is 0 Å². The highest BCUT2D eigenvalue weighted by Gasteiger charge is 2.64. The van der Waals surface area contributed by atoms with Crippen molar-refractivity contribution in [2.45, 2.75) is 71.3 Å². The maximum Gasteiger partial charge on any atom is 0.0952 e. The first-order valence-electron chi connectivity index (χ1n) is 9.41. The molecule has 1 unspecified atom stereocenters. The third kappa shape index (κ3) is 3.01. The van der Waals surface area contributed by atoms with Crippen LogP contribution in [0.1, 0.15) is 65.7 Å². The van der Waals surface area contributed by atoms with Gasteiger partial charge in [0.05, 0.1) is 18.8 Å². The van der Waals surface area contributed by atoms with E-state index in [1.165, 1.54) is 32.1 Å². The van der Waals surface area contributed by atoms with E-state index in [4.69, 9.17) is 9.84 Å². The number of ether oxygens (including phenoxy) is 1. The molecule has 0 radical (unpaired) electrons. The summed E-state index contributed by atoms with van der Waals surface area (Å²) in [5.41, 5.74) is 1.85. The molecule has 132 valence electrons. The lowest BCUT2D eigenvalue weighted by Gasteiger charge is -2.59. The molecule has 2 saturated carbocycles. The Morgan fingerprint density at radius 3 is 2.52 bits per heavy atom. The molecule has 3 aliphatic rings. The van der Waals surface area contributed by atoms with Crippen molar-refractivity contribution in [3.05, 3.63) is 11.6 Å². The van der Waals surface area contributed by atoms with Gasteiger partial charge in [0.2, 0.25) is 0 Å². The molecule has 3 rings (SSSR count). The first-order chi connectivity index (χ1) is 10.9. The van der Waals surface area contributed by atoms with Crippen LogP contribution >= 0.6 is 0 Å². The lowest BCUT2D eigenvalue weighted by Crippen LogP contribution is -2.54. The Bertz CT molecular complexity index is 464. The van der Waals surface area contributed by atoms with Crippen molar-refractivity contribution in [2.24, 2.45) is 22.7 Å². The van der Waals surface area contributed by atoms with Crippen molar-refractivity contribution in [3.63, 3.8) is 0 Å². The molecule has 3 heteroatoms. The summed E-state index contributed by atoms with van der Waals surface area (Å²) in [6, 6.07) is 0. The van der Waals surface area contributed by atoms with E-state index in [1.54, 1.807) is 0 Å². The van der Waals surface area contributed by atoms with Crippen molar-refractivity contribution in [1.29, 1.82) is 0 Å². The van der Waals surface area contributed by atoms with Crippen molar-refractivity contribution in [2.75, 3.05) is 19.8 Å². The van der Waals surface area contributed by atoms with Crippen LogP contribution < -0.4 is 0 Å². The average molecular weight is 322 g/mol. The van der Waals surface area contributed by atoms with E-state index in [2.05, 4.69) is 26.8 Å². The van der Waals surface area contributed by atoms with Crippen LogP contribution in [0.3, 0.4) is 0 Å². The normalized spacial score (nSPS) is 42.6. The maximum absolute atomic E-state index is 9.50. The van der Waals surface area contributed by atoms with Crippen molar-refractivity contribution < 1.29 is 14.9 Å². The zero-order valence-electron chi connectivity index (χ0n) is 15.1. The Labute approximate surface area is 141 Å². The van der Waals surface area contributed by atoms with Gasteiger partial charge >= 0.3 is 0 Å². The fourth-order valence-electron chi connectivity index (χ4n) is 6.06. The third-order valence-corrected chi connectivity index (χ3v) is 7.36. The summed E-state index contributed by atoms with van der Waals surface area (Å²) in [6.07, 6.45) is 10.2. The zero-order chi connectivity index (χ0) is 16.7. The van der Waals surface area contributed by atoms with Crippen LogP contribution in [-0.4, -0.2) is 35.6 Å². The fraction of sp³-hybridized carbons (Fsp3) is 0.900. The second-order valence-electron chi connectivity index (χ2n) is 9.08. The number of rotatable bonds is 5. The summed E-state index contributed by atoms with van der Waals surface area (Å²) in [6.45, 7) is 8.52. The quantitative estimate of drug-likeness (QED) is 0.599. The van der Waals surface area contributed by atoms with E-state index in [9.17, 15) is 5.11 Å². The van der Waals surface area contributed by atoms with Gasteiger partial charge < -0.3 is 14.9 Å². The molecule has 3 nitrogen and oxygen atoms in total. The second-order valence-corrected chi connectivity index (χ2v) is 9.08.